The molecule has 80 valence electrons. The number of ether oxygens (including phenoxy) is 1. The molecule has 1 aliphatic heterocycles. The van der Waals surface area contributed by atoms with Crippen LogP contribution in [0.15, 0.2) is 24.3 Å². The minimum atomic E-state index is -0.200. The normalized spacial score (nSPS) is 16.5. The van der Waals surface area contributed by atoms with Crippen LogP contribution in [-0.4, -0.2) is 26.9 Å². The first-order valence-electron chi connectivity index (χ1n) is 5.36. The summed E-state index contributed by atoms with van der Waals surface area (Å²) in [6.07, 6.45) is 0.980. The highest BCUT2D eigenvalue weighted by Crippen LogP contribution is 2.09. The van der Waals surface area contributed by atoms with Gasteiger partial charge in [-0.2, -0.15) is 0 Å². The molecule has 0 spiro atoms. The molecule has 0 saturated carbocycles. The van der Waals surface area contributed by atoms with E-state index in [1.165, 1.54) is 0 Å². The van der Waals surface area contributed by atoms with E-state index in [-0.39, 0.29) is 7.12 Å². The minimum absolute atomic E-state index is 0.200. The largest absolute Gasteiger partial charge is 0.494 e. The van der Waals surface area contributed by atoms with Crippen LogP contribution in [0, 0.1) is 0 Å². The molecule has 1 aliphatic rings. The quantitative estimate of drug-likeness (QED) is 0.696. The summed E-state index contributed by atoms with van der Waals surface area (Å²) in [7, 11) is -0.200. The summed E-state index contributed by atoms with van der Waals surface area (Å²) in [4.78, 5) is 0. The Bertz CT molecular complexity index is 293. The van der Waals surface area contributed by atoms with Crippen molar-refractivity contribution >= 4 is 12.6 Å². The first-order chi connectivity index (χ1) is 7.40. The molecule has 15 heavy (non-hydrogen) atoms. The molecule has 2 rings (SSSR count). The molecule has 0 radical (unpaired) electrons. The molecular formula is C11H15BO3. The first-order valence-corrected chi connectivity index (χ1v) is 5.36. The van der Waals surface area contributed by atoms with Gasteiger partial charge in [-0.15, -0.1) is 0 Å². The van der Waals surface area contributed by atoms with Gasteiger partial charge in [-0.25, -0.2) is 0 Å². The van der Waals surface area contributed by atoms with Crippen molar-refractivity contribution < 1.29 is 14.0 Å². The van der Waals surface area contributed by atoms with E-state index >= 15 is 0 Å². The second-order valence-corrected chi connectivity index (χ2v) is 3.43. The molecule has 1 aromatic carbocycles. The highest BCUT2D eigenvalue weighted by molar-refractivity contribution is 6.61. The van der Waals surface area contributed by atoms with Crippen molar-refractivity contribution in [1.29, 1.82) is 0 Å². The predicted octanol–water partition coefficient (Wildman–Crippen LogP) is 1.22. The van der Waals surface area contributed by atoms with Crippen molar-refractivity contribution in [1.82, 2.24) is 0 Å². The van der Waals surface area contributed by atoms with E-state index in [1.807, 2.05) is 31.2 Å². The molecular weight excluding hydrogens is 191 g/mol. The fourth-order valence-electron chi connectivity index (χ4n) is 1.57. The monoisotopic (exact) mass is 206 g/mol. The van der Waals surface area contributed by atoms with E-state index < -0.39 is 0 Å². The lowest BCUT2D eigenvalue weighted by atomic mass is 9.78. The molecule has 1 heterocycles. The maximum atomic E-state index is 5.50. The lowest BCUT2D eigenvalue weighted by Crippen LogP contribution is -2.40. The Morgan fingerprint density at radius 1 is 1.20 bits per heavy atom. The molecule has 1 aromatic rings. The molecule has 1 saturated heterocycles. The number of hydrogen-bond donors (Lipinski definition) is 0. The van der Waals surface area contributed by atoms with Crippen LogP contribution >= 0.6 is 0 Å². The summed E-state index contributed by atoms with van der Waals surface area (Å²) in [6, 6.07) is 7.86. The van der Waals surface area contributed by atoms with Crippen LogP contribution in [0.4, 0.5) is 0 Å². The summed E-state index contributed by atoms with van der Waals surface area (Å²) in [5.74, 6) is 0.886. The Morgan fingerprint density at radius 2 is 1.87 bits per heavy atom. The number of benzene rings is 1. The first kappa shape index (κ1) is 10.5. The summed E-state index contributed by atoms with van der Waals surface area (Å²) < 4.78 is 16.4. The van der Waals surface area contributed by atoms with Crippen molar-refractivity contribution in [2.24, 2.45) is 0 Å². The predicted molar refractivity (Wildman–Crippen MR) is 59.5 cm³/mol. The smallest absolute Gasteiger partial charge is 0.493 e. The van der Waals surface area contributed by atoms with Gasteiger partial charge in [0.05, 0.1) is 6.61 Å². The average Bonchev–Trinajstić information content (AvgIpc) is 2.32. The third-order valence-corrected chi connectivity index (χ3v) is 2.29. The van der Waals surface area contributed by atoms with Crippen molar-refractivity contribution in [3.8, 4) is 5.75 Å². The highest BCUT2D eigenvalue weighted by Gasteiger charge is 2.23. The molecule has 0 atom stereocenters. The van der Waals surface area contributed by atoms with Gasteiger partial charge in [0, 0.05) is 13.2 Å². The minimum Gasteiger partial charge on any atom is -0.494 e. The van der Waals surface area contributed by atoms with Crippen LogP contribution in [0.1, 0.15) is 13.3 Å². The van der Waals surface area contributed by atoms with Crippen LogP contribution in [0.2, 0.25) is 0 Å². The van der Waals surface area contributed by atoms with Gasteiger partial charge in [0.15, 0.2) is 0 Å². The molecule has 0 aliphatic carbocycles. The van der Waals surface area contributed by atoms with Crippen LogP contribution in [-0.2, 0) is 9.31 Å². The molecule has 0 unspecified atom stereocenters. The summed E-state index contributed by atoms with van der Waals surface area (Å²) in [5, 5.41) is 0. The van der Waals surface area contributed by atoms with E-state index in [4.69, 9.17) is 14.0 Å². The molecule has 4 heteroatoms. The summed E-state index contributed by atoms with van der Waals surface area (Å²) in [5.41, 5.74) is 1.05. The molecule has 0 amide bonds. The third kappa shape index (κ3) is 2.73. The van der Waals surface area contributed by atoms with Crippen LogP contribution < -0.4 is 10.2 Å². The molecule has 1 fully saturated rings. The Balaban J connectivity index is 2.02. The fourth-order valence-corrected chi connectivity index (χ4v) is 1.57. The molecule has 0 bridgehead atoms. The van der Waals surface area contributed by atoms with Gasteiger partial charge in [0.1, 0.15) is 5.75 Å². The SMILES string of the molecule is CCOc1ccc(B2OCCCO2)cc1. The zero-order chi connectivity index (χ0) is 10.5. The van der Waals surface area contributed by atoms with Crippen molar-refractivity contribution in [2.45, 2.75) is 13.3 Å². The maximum absolute atomic E-state index is 5.50. The second-order valence-electron chi connectivity index (χ2n) is 3.43. The zero-order valence-electron chi connectivity index (χ0n) is 8.94. The fraction of sp³-hybridized carbons (Fsp3) is 0.455. The van der Waals surface area contributed by atoms with Gasteiger partial charge in [-0.3, -0.25) is 0 Å². The van der Waals surface area contributed by atoms with Gasteiger partial charge in [-0.05, 0) is 30.9 Å². The summed E-state index contributed by atoms with van der Waals surface area (Å²) in [6.45, 7) is 4.22. The van der Waals surface area contributed by atoms with Gasteiger partial charge in [0.25, 0.3) is 0 Å². The maximum Gasteiger partial charge on any atom is 0.493 e. The standard InChI is InChI=1S/C11H15BO3/c1-2-13-11-6-4-10(5-7-11)12-14-8-3-9-15-12/h4-7H,2-3,8-9H2,1H3. The Hall–Kier alpha value is -0.995. The van der Waals surface area contributed by atoms with E-state index in [2.05, 4.69) is 0 Å². The summed E-state index contributed by atoms with van der Waals surface area (Å²) >= 11 is 0. The van der Waals surface area contributed by atoms with Crippen LogP contribution in [0.25, 0.3) is 0 Å². The molecule has 0 aromatic heterocycles. The Morgan fingerprint density at radius 3 is 2.47 bits per heavy atom. The highest BCUT2D eigenvalue weighted by atomic mass is 16.6. The lowest BCUT2D eigenvalue weighted by Gasteiger charge is -2.19. The molecule has 3 nitrogen and oxygen atoms in total. The second kappa shape index (κ2) is 5.19. The lowest BCUT2D eigenvalue weighted by molar-refractivity contribution is 0.143. The third-order valence-electron chi connectivity index (χ3n) is 2.29. The van der Waals surface area contributed by atoms with Crippen molar-refractivity contribution in [3.05, 3.63) is 24.3 Å². The van der Waals surface area contributed by atoms with Gasteiger partial charge in [0.2, 0.25) is 0 Å². The van der Waals surface area contributed by atoms with E-state index in [0.717, 1.165) is 30.8 Å². The van der Waals surface area contributed by atoms with E-state index in [0.29, 0.717) is 6.61 Å². The average molecular weight is 206 g/mol. The van der Waals surface area contributed by atoms with Crippen molar-refractivity contribution in [2.75, 3.05) is 19.8 Å². The van der Waals surface area contributed by atoms with Gasteiger partial charge < -0.3 is 14.0 Å². The molecule has 0 N–H and O–H groups in total. The number of hydrogen-bond acceptors (Lipinski definition) is 3. The van der Waals surface area contributed by atoms with Crippen molar-refractivity contribution in [3.63, 3.8) is 0 Å². The topological polar surface area (TPSA) is 27.7 Å². The van der Waals surface area contributed by atoms with Gasteiger partial charge >= 0.3 is 7.12 Å². The van der Waals surface area contributed by atoms with E-state index in [9.17, 15) is 0 Å². The van der Waals surface area contributed by atoms with Crippen LogP contribution in [0.5, 0.6) is 5.75 Å². The number of rotatable bonds is 3. The van der Waals surface area contributed by atoms with Gasteiger partial charge in [-0.1, -0.05) is 12.1 Å². The van der Waals surface area contributed by atoms with Crippen LogP contribution in [0.3, 0.4) is 0 Å². The van der Waals surface area contributed by atoms with E-state index in [1.54, 1.807) is 0 Å². The Labute approximate surface area is 90.5 Å². The zero-order valence-corrected chi connectivity index (χ0v) is 8.94. The Kier molecular flexibility index (Phi) is 3.64.